The predicted octanol–water partition coefficient (Wildman–Crippen LogP) is 0.620. The summed E-state index contributed by atoms with van der Waals surface area (Å²) < 4.78 is 9.67. The summed E-state index contributed by atoms with van der Waals surface area (Å²) in [5.74, 6) is -0.326. The van der Waals surface area contributed by atoms with Gasteiger partial charge >= 0.3 is 6.09 Å². The van der Waals surface area contributed by atoms with E-state index in [9.17, 15) is 9.59 Å². The summed E-state index contributed by atoms with van der Waals surface area (Å²) in [6.07, 6.45) is -0.618. The van der Waals surface area contributed by atoms with Crippen LogP contribution in [0.15, 0.2) is 0 Å². The van der Waals surface area contributed by atoms with Crippen molar-refractivity contribution in [2.24, 2.45) is 0 Å². The van der Waals surface area contributed by atoms with E-state index < -0.39 is 17.7 Å². The zero-order valence-electron chi connectivity index (χ0n) is 10.4. The van der Waals surface area contributed by atoms with E-state index in [1.54, 1.807) is 27.7 Å². The molecule has 2 amide bonds. The molecule has 2 N–H and O–H groups in total. The van der Waals surface area contributed by atoms with Gasteiger partial charge in [-0.2, -0.15) is 0 Å². The van der Waals surface area contributed by atoms with Gasteiger partial charge in [0.2, 0.25) is 5.91 Å². The van der Waals surface area contributed by atoms with E-state index in [2.05, 4.69) is 15.4 Å². The van der Waals surface area contributed by atoms with Crippen LogP contribution in [0.2, 0.25) is 0 Å². The van der Waals surface area contributed by atoms with E-state index >= 15 is 0 Å². The average molecular weight is 232 g/mol. The first kappa shape index (κ1) is 14.7. The first-order chi connectivity index (χ1) is 7.26. The Kier molecular flexibility index (Phi) is 5.81. The second kappa shape index (κ2) is 6.32. The molecule has 16 heavy (non-hydrogen) atoms. The summed E-state index contributed by atoms with van der Waals surface area (Å²) in [5, 5.41) is 4.89. The molecular formula is C10H20N2O4. The number of rotatable bonds is 4. The van der Waals surface area contributed by atoms with Gasteiger partial charge in [-0.15, -0.1) is 0 Å². The number of carbonyl (C=O) groups excluding carboxylic acids is 2. The highest BCUT2D eigenvalue weighted by Crippen LogP contribution is 2.06. The number of ether oxygens (including phenoxy) is 2. The van der Waals surface area contributed by atoms with Crippen LogP contribution in [-0.2, 0) is 14.3 Å². The van der Waals surface area contributed by atoms with Crippen LogP contribution in [-0.4, -0.2) is 37.5 Å². The molecule has 0 saturated heterocycles. The van der Waals surface area contributed by atoms with E-state index in [4.69, 9.17) is 4.74 Å². The van der Waals surface area contributed by atoms with Crippen LogP contribution in [0.1, 0.15) is 27.7 Å². The Balaban J connectivity index is 3.99. The average Bonchev–Trinajstić information content (AvgIpc) is 2.10. The lowest BCUT2D eigenvalue weighted by Crippen LogP contribution is -2.46. The minimum absolute atomic E-state index is 0.110. The van der Waals surface area contributed by atoms with E-state index in [0.29, 0.717) is 0 Å². The van der Waals surface area contributed by atoms with Gasteiger partial charge in [0.25, 0.3) is 0 Å². The Labute approximate surface area is 95.7 Å². The molecule has 0 rings (SSSR count). The minimum atomic E-state index is -0.662. The van der Waals surface area contributed by atoms with Crippen molar-refractivity contribution in [3.05, 3.63) is 0 Å². The summed E-state index contributed by atoms with van der Waals surface area (Å²) in [6, 6.07) is -0.662. The van der Waals surface area contributed by atoms with Crippen molar-refractivity contribution in [2.45, 2.75) is 39.3 Å². The topological polar surface area (TPSA) is 76.7 Å². The highest BCUT2D eigenvalue weighted by molar-refractivity contribution is 5.85. The molecule has 1 atom stereocenters. The first-order valence-electron chi connectivity index (χ1n) is 5.02. The molecule has 6 heteroatoms. The Morgan fingerprint density at radius 3 is 2.31 bits per heavy atom. The molecule has 0 radical (unpaired) electrons. The van der Waals surface area contributed by atoms with Crippen LogP contribution in [0, 0.1) is 0 Å². The van der Waals surface area contributed by atoms with Crippen LogP contribution in [0.5, 0.6) is 0 Å². The monoisotopic (exact) mass is 232 g/mol. The number of alkyl carbamates (subject to hydrolysis) is 1. The molecule has 0 aliphatic heterocycles. The zero-order chi connectivity index (χ0) is 12.8. The van der Waals surface area contributed by atoms with Crippen molar-refractivity contribution >= 4 is 12.0 Å². The van der Waals surface area contributed by atoms with Gasteiger partial charge in [-0.1, -0.05) is 0 Å². The third-order valence-electron chi connectivity index (χ3n) is 1.52. The standard InChI is InChI=1S/C10H20N2O4/c1-7(8(13)11-6-15-5)12-9(14)16-10(2,3)4/h7H,6H2,1-5H3,(H,11,13)(H,12,14)/t7-/m0/s1. The van der Waals surface area contributed by atoms with E-state index in [1.807, 2.05) is 0 Å². The number of carbonyl (C=O) groups is 2. The summed E-state index contributed by atoms with van der Waals surface area (Å²) in [7, 11) is 1.46. The molecule has 0 bridgehead atoms. The second-order valence-electron chi connectivity index (χ2n) is 4.34. The predicted molar refractivity (Wildman–Crippen MR) is 58.9 cm³/mol. The van der Waals surface area contributed by atoms with Crippen LogP contribution >= 0.6 is 0 Å². The molecule has 0 aliphatic rings. The molecule has 0 aromatic heterocycles. The quantitative estimate of drug-likeness (QED) is 0.697. The normalized spacial score (nSPS) is 12.8. The SMILES string of the molecule is COCNC(=O)[C@H](C)NC(=O)OC(C)(C)C. The second-order valence-corrected chi connectivity index (χ2v) is 4.34. The molecule has 0 aliphatic carbocycles. The molecule has 6 nitrogen and oxygen atoms in total. The van der Waals surface area contributed by atoms with Crippen LogP contribution < -0.4 is 10.6 Å². The number of methoxy groups -OCH3 is 1. The maximum absolute atomic E-state index is 11.3. The van der Waals surface area contributed by atoms with Crippen molar-refractivity contribution in [3.8, 4) is 0 Å². The Morgan fingerprint density at radius 2 is 1.88 bits per heavy atom. The van der Waals surface area contributed by atoms with Crippen LogP contribution in [0.4, 0.5) is 4.79 Å². The molecule has 0 unspecified atom stereocenters. The minimum Gasteiger partial charge on any atom is -0.444 e. The molecule has 0 fully saturated rings. The fourth-order valence-electron chi connectivity index (χ4n) is 0.846. The van der Waals surface area contributed by atoms with Crippen molar-refractivity contribution in [3.63, 3.8) is 0 Å². The largest absolute Gasteiger partial charge is 0.444 e. The summed E-state index contributed by atoms with van der Waals surface area (Å²) in [4.78, 5) is 22.6. The molecule has 0 saturated carbocycles. The Hall–Kier alpha value is -1.30. The highest BCUT2D eigenvalue weighted by atomic mass is 16.6. The summed E-state index contributed by atoms with van der Waals surface area (Å²) in [5.41, 5.74) is -0.577. The summed E-state index contributed by atoms with van der Waals surface area (Å²) >= 11 is 0. The molecule has 0 aromatic rings. The van der Waals surface area contributed by atoms with E-state index in [1.165, 1.54) is 7.11 Å². The van der Waals surface area contributed by atoms with Crippen molar-refractivity contribution < 1.29 is 19.1 Å². The smallest absolute Gasteiger partial charge is 0.408 e. The fourth-order valence-corrected chi connectivity index (χ4v) is 0.846. The van der Waals surface area contributed by atoms with E-state index in [-0.39, 0.29) is 12.6 Å². The van der Waals surface area contributed by atoms with E-state index in [0.717, 1.165) is 0 Å². The molecule has 0 spiro atoms. The number of nitrogens with one attached hydrogen (secondary N) is 2. The number of hydrogen-bond donors (Lipinski definition) is 2. The van der Waals surface area contributed by atoms with Crippen molar-refractivity contribution in [1.29, 1.82) is 0 Å². The van der Waals surface area contributed by atoms with Crippen LogP contribution in [0.25, 0.3) is 0 Å². The number of amides is 2. The van der Waals surface area contributed by atoms with Crippen molar-refractivity contribution in [1.82, 2.24) is 10.6 Å². The Morgan fingerprint density at radius 1 is 1.31 bits per heavy atom. The Bertz CT molecular complexity index is 248. The van der Waals surface area contributed by atoms with Gasteiger partial charge < -0.3 is 20.1 Å². The summed E-state index contributed by atoms with van der Waals surface area (Å²) in [6.45, 7) is 6.93. The number of hydrogen-bond acceptors (Lipinski definition) is 4. The maximum Gasteiger partial charge on any atom is 0.408 e. The molecule has 0 heterocycles. The third kappa shape index (κ3) is 7.05. The lowest BCUT2D eigenvalue weighted by molar-refractivity contribution is -0.124. The maximum atomic E-state index is 11.3. The molecule has 94 valence electrons. The van der Waals surface area contributed by atoms with Gasteiger partial charge in [-0.05, 0) is 27.7 Å². The molecule has 0 aromatic carbocycles. The highest BCUT2D eigenvalue weighted by Gasteiger charge is 2.20. The third-order valence-corrected chi connectivity index (χ3v) is 1.52. The van der Waals surface area contributed by atoms with Crippen molar-refractivity contribution in [2.75, 3.05) is 13.8 Å². The lowest BCUT2D eigenvalue weighted by Gasteiger charge is -2.21. The fraction of sp³-hybridized carbons (Fsp3) is 0.800. The van der Waals surface area contributed by atoms with Gasteiger partial charge in [0.15, 0.2) is 0 Å². The van der Waals surface area contributed by atoms with Gasteiger partial charge in [-0.3, -0.25) is 4.79 Å². The van der Waals surface area contributed by atoms with Gasteiger partial charge in [0.05, 0.1) is 0 Å². The zero-order valence-corrected chi connectivity index (χ0v) is 10.4. The molecular weight excluding hydrogens is 212 g/mol. The lowest BCUT2D eigenvalue weighted by atomic mass is 10.2. The van der Waals surface area contributed by atoms with Gasteiger partial charge in [0, 0.05) is 7.11 Å². The van der Waals surface area contributed by atoms with Gasteiger partial charge in [-0.25, -0.2) is 4.79 Å². The first-order valence-corrected chi connectivity index (χ1v) is 5.02. The van der Waals surface area contributed by atoms with Gasteiger partial charge in [0.1, 0.15) is 18.4 Å². The van der Waals surface area contributed by atoms with Crippen LogP contribution in [0.3, 0.4) is 0 Å².